The van der Waals surface area contributed by atoms with Gasteiger partial charge in [-0.15, -0.1) is 0 Å². The van der Waals surface area contributed by atoms with E-state index in [9.17, 15) is 0 Å². The van der Waals surface area contributed by atoms with E-state index in [0.717, 1.165) is 12.2 Å². The predicted octanol–water partition coefficient (Wildman–Crippen LogP) is 5.18. The highest BCUT2D eigenvalue weighted by atomic mass is 15.0. The SMILES string of the molecule is CCCCCCCCCCn1ccc2cccnc21. The molecule has 2 aromatic heterocycles. The maximum Gasteiger partial charge on any atom is 0.139 e. The molecule has 0 N–H and O–H groups in total. The van der Waals surface area contributed by atoms with Gasteiger partial charge in [0, 0.05) is 24.3 Å². The predicted molar refractivity (Wildman–Crippen MR) is 82.3 cm³/mol. The molecule has 0 saturated heterocycles. The van der Waals surface area contributed by atoms with Gasteiger partial charge in [0.1, 0.15) is 5.65 Å². The van der Waals surface area contributed by atoms with Crippen LogP contribution in [0.3, 0.4) is 0 Å². The third kappa shape index (κ3) is 4.38. The van der Waals surface area contributed by atoms with E-state index in [0.29, 0.717) is 0 Å². The Morgan fingerprint density at radius 3 is 2.47 bits per heavy atom. The molecule has 2 aromatic rings. The molecule has 0 atom stereocenters. The number of aromatic nitrogens is 2. The minimum Gasteiger partial charge on any atom is -0.333 e. The summed E-state index contributed by atoms with van der Waals surface area (Å²) in [6.45, 7) is 3.38. The largest absolute Gasteiger partial charge is 0.333 e. The third-order valence-electron chi connectivity index (χ3n) is 3.78. The number of pyridine rings is 1. The van der Waals surface area contributed by atoms with Gasteiger partial charge in [0.15, 0.2) is 0 Å². The molecule has 0 spiro atoms. The monoisotopic (exact) mass is 258 g/mol. The molecule has 0 aromatic carbocycles. The summed E-state index contributed by atoms with van der Waals surface area (Å²) in [7, 11) is 0. The normalized spacial score (nSPS) is 11.2. The lowest BCUT2D eigenvalue weighted by atomic mass is 10.1. The lowest BCUT2D eigenvalue weighted by Crippen LogP contribution is -1.97. The van der Waals surface area contributed by atoms with Crippen molar-refractivity contribution in [2.24, 2.45) is 0 Å². The van der Waals surface area contributed by atoms with Crippen LogP contribution in [-0.4, -0.2) is 9.55 Å². The Balaban J connectivity index is 1.63. The highest BCUT2D eigenvalue weighted by Crippen LogP contribution is 2.14. The summed E-state index contributed by atoms with van der Waals surface area (Å²) in [6.07, 6.45) is 15.0. The second-order valence-electron chi connectivity index (χ2n) is 5.40. The van der Waals surface area contributed by atoms with Crippen LogP contribution in [0.4, 0.5) is 0 Å². The lowest BCUT2D eigenvalue weighted by molar-refractivity contribution is 0.548. The molecule has 2 heteroatoms. The summed E-state index contributed by atoms with van der Waals surface area (Å²) < 4.78 is 2.28. The van der Waals surface area contributed by atoms with Crippen molar-refractivity contribution >= 4 is 11.0 Å². The van der Waals surface area contributed by atoms with Crippen LogP contribution < -0.4 is 0 Å². The van der Waals surface area contributed by atoms with Crippen molar-refractivity contribution in [2.45, 2.75) is 64.8 Å². The van der Waals surface area contributed by atoms with Gasteiger partial charge in [-0.25, -0.2) is 4.98 Å². The van der Waals surface area contributed by atoms with E-state index in [1.807, 2.05) is 12.3 Å². The number of hydrogen-bond acceptors (Lipinski definition) is 1. The summed E-state index contributed by atoms with van der Waals surface area (Å²) in [5.41, 5.74) is 1.13. The highest BCUT2D eigenvalue weighted by Gasteiger charge is 2.00. The molecule has 2 heterocycles. The summed E-state index contributed by atoms with van der Waals surface area (Å²) in [5.74, 6) is 0. The molecule has 2 rings (SSSR count). The molecule has 0 fully saturated rings. The average Bonchev–Trinajstić information content (AvgIpc) is 2.85. The highest BCUT2D eigenvalue weighted by molar-refractivity contribution is 5.75. The van der Waals surface area contributed by atoms with Gasteiger partial charge in [-0.1, -0.05) is 51.9 Å². The van der Waals surface area contributed by atoms with Gasteiger partial charge in [-0.05, 0) is 24.6 Å². The molecule has 0 bridgehead atoms. The Morgan fingerprint density at radius 2 is 1.68 bits per heavy atom. The van der Waals surface area contributed by atoms with E-state index in [4.69, 9.17) is 0 Å². The fourth-order valence-electron chi connectivity index (χ4n) is 2.62. The second-order valence-corrected chi connectivity index (χ2v) is 5.40. The fourth-order valence-corrected chi connectivity index (χ4v) is 2.62. The van der Waals surface area contributed by atoms with Gasteiger partial charge in [-0.2, -0.15) is 0 Å². The van der Waals surface area contributed by atoms with Crippen molar-refractivity contribution < 1.29 is 0 Å². The van der Waals surface area contributed by atoms with Gasteiger partial charge in [-0.3, -0.25) is 0 Å². The molecule has 0 aliphatic carbocycles. The average molecular weight is 258 g/mol. The van der Waals surface area contributed by atoms with Gasteiger partial charge >= 0.3 is 0 Å². The lowest BCUT2D eigenvalue weighted by Gasteiger charge is -2.05. The topological polar surface area (TPSA) is 17.8 Å². The van der Waals surface area contributed by atoms with E-state index >= 15 is 0 Å². The molecule has 0 saturated carbocycles. The first-order valence-electron chi connectivity index (χ1n) is 7.81. The summed E-state index contributed by atoms with van der Waals surface area (Å²) in [5, 5.41) is 1.25. The summed E-state index contributed by atoms with van der Waals surface area (Å²) in [4.78, 5) is 4.45. The Bertz CT molecular complexity index is 473. The van der Waals surface area contributed by atoms with E-state index in [1.165, 1.54) is 56.8 Å². The Morgan fingerprint density at radius 1 is 0.947 bits per heavy atom. The van der Waals surface area contributed by atoms with Crippen molar-refractivity contribution in [1.29, 1.82) is 0 Å². The van der Waals surface area contributed by atoms with Gasteiger partial charge in [0.2, 0.25) is 0 Å². The van der Waals surface area contributed by atoms with Crippen LogP contribution in [0.15, 0.2) is 30.6 Å². The number of unbranched alkanes of at least 4 members (excludes halogenated alkanes) is 7. The zero-order chi connectivity index (χ0) is 13.3. The van der Waals surface area contributed by atoms with E-state index in [-0.39, 0.29) is 0 Å². The Kier molecular flexibility index (Phi) is 5.93. The third-order valence-corrected chi connectivity index (χ3v) is 3.78. The molecule has 0 unspecified atom stereocenters. The maximum absolute atomic E-state index is 4.45. The maximum atomic E-state index is 4.45. The standard InChI is InChI=1S/C17H26N2/c1-2-3-4-5-6-7-8-9-14-19-15-12-16-11-10-13-18-17(16)19/h10-13,15H,2-9,14H2,1H3. The quantitative estimate of drug-likeness (QED) is 0.567. The van der Waals surface area contributed by atoms with Crippen molar-refractivity contribution in [2.75, 3.05) is 0 Å². The Hall–Kier alpha value is -1.31. The molecule has 19 heavy (non-hydrogen) atoms. The number of hydrogen-bond donors (Lipinski definition) is 0. The molecule has 0 amide bonds. The van der Waals surface area contributed by atoms with Gasteiger partial charge in [0.25, 0.3) is 0 Å². The number of rotatable bonds is 9. The second kappa shape index (κ2) is 7.98. The van der Waals surface area contributed by atoms with Crippen molar-refractivity contribution in [3.8, 4) is 0 Å². The van der Waals surface area contributed by atoms with Crippen LogP contribution in [0.25, 0.3) is 11.0 Å². The smallest absolute Gasteiger partial charge is 0.139 e. The van der Waals surface area contributed by atoms with Crippen LogP contribution in [-0.2, 0) is 6.54 Å². The van der Waals surface area contributed by atoms with Gasteiger partial charge in [0.05, 0.1) is 0 Å². The number of fused-ring (bicyclic) bond motifs is 1. The zero-order valence-electron chi connectivity index (χ0n) is 12.1. The molecule has 0 radical (unpaired) electrons. The first-order valence-corrected chi connectivity index (χ1v) is 7.81. The minimum atomic E-state index is 1.11. The van der Waals surface area contributed by atoms with Crippen LogP contribution in [0.5, 0.6) is 0 Å². The molecule has 104 valence electrons. The van der Waals surface area contributed by atoms with Crippen LogP contribution in [0.2, 0.25) is 0 Å². The zero-order valence-corrected chi connectivity index (χ0v) is 12.1. The van der Waals surface area contributed by atoms with Crippen LogP contribution >= 0.6 is 0 Å². The molecule has 2 nitrogen and oxygen atoms in total. The van der Waals surface area contributed by atoms with E-state index in [1.54, 1.807) is 0 Å². The molecular weight excluding hydrogens is 232 g/mol. The van der Waals surface area contributed by atoms with Crippen LogP contribution in [0.1, 0.15) is 58.3 Å². The van der Waals surface area contributed by atoms with E-state index < -0.39 is 0 Å². The fraction of sp³-hybridized carbons (Fsp3) is 0.588. The minimum absolute atomic E-state index is 1.11. The Labute approximate surface area is 116 Å². The molecule has 0 aliphatic rings. The van der Waals surface area contributed by atoms with E-state index in [2.05, 4.69) is 34.8 Å². The number of aryl methyl sites for hydroxylation is 1. The van der Waals surface area contributed by atoms with Crippen molar-refractivity contribution in [3.63, 3.8) is 0 Å². The van der Waals surface area contributed by atoms with Crippen LogP contribution in [0, 0.1) is 0 Å². The first-order chi connectivity index (χ1) is 9.42. The summed E-state index contributed by atoms with van der Waals surface area (Å²) in [6, 6.07) is 6.29. The van der Waals surface area contributed by atoms with Crippen molar-refractivity contribution in [1.82, 2.24) is 9.55 Å². The molecular formula is C17H26N2. The van der Waals surface area contributed by atoms with Gasteiger partial charge < -0.3 is 4.57 Å². The first kappa shape index (κ1) is 14.1. The summed E-state index contributed by atoms with van der Waals surface area (Å²) >= 11 is 0. The number of nitrogens with zero attached hydrogens (tertiary/aromatic N) is 2. The van der Waals surface area contributed by atoms with Crippen molar-refractivity contribution in [3.05, 3.63) is 30.6 Å². The molecule has 0 aliphatic heterocycles.